The van der Waals surface area contributed by atoms with Crippen molar-refractivity contribution in [3.63, 3.8) is 0 Å². The van der Waals surface area contributed by atoms with Crippen LogP contribution in [0.3, 0.4) is 0 Å². The van der Waals surface area contributed by atoms with Crippen LogP contribution in [0.5, 0.6) is 0 Å². The smallest absolute Gasteiger partial charge is 0.234 e. The Bertz CT molecular complexity index is 601. The van der Waals surface area contributed by atoms with E-state index in [9.17, 15) is 4.79 Å². The lowest BCUT2D eigenvalue weighted by molar-refractivity contribution is -0.123. The number of nitrogens with one attached hydrogen (secondary N) is 1. The Balaban J connectivity index is 2.04. The molecule has 0 radical (unpaired) electrons. The SMILES string of the molecule is C=C1CCC(c2ncc3ccncn23)C(=O)N1. The lowest BCUT2D eigenvalue weighted by atomic mass is 9.96. The Morgan fingerprint density at radius 1 is 1.53 bits per heavy atom. The monoisotopic (exact) mass is 228 g/mol. The Morgan fingerprint density at radius 3 is 3.24 bits per heavy atom. The summed E-state index contributed by atoms with van der Waals surface area (Å²) < 4.78 is 1.86. The number of aromatic nitrogens is 3. The van der Waals surface area contributed by atoms with Crippen LogP contribution in [0.15, 0.2) is 37.1 Å². The lowest BCUT2D eigenvalue weighted by Gasteiger charge is -2.22. The molecule has 1 amide bonds. The standard InChI is InChI=1S/C12H12N4O/c1-8-2-3-10(12(17)15-8)11-14-6-9-4-5-13-7-16(9)11/h4-7,10H,1-3H2,(H,15,17). The molecule has 2 aromatic heterocycles. The minimum atomic E-state index is -0.216. The van der Waals surface area contributed by atoms with Crippen LogP contribution in [0.2, 0.25) is 0 Å². The highest BCUT2D eigenvalue weighted by atomic mass is 16.2. The third-order valence-electron chi connectivity index (χ3n) is 3.03. The van der Waals surface area contributed by atoms with Gasteiger partial charge in [0.2, 0.25) is 5.91 Å². The number of hydrogen-bond acceptors (Lipinski definition) is 3. The topological polar surface area (TPSA) is 59.3 Å². The molecule has 1 fully saturated rings. The van der Waals surface area contributed by atoms with E-state index in [0.29, 0.717) is 0 Å². The molecule has 17 heavy (non-hydrogen) atoms. The molecule has 86 valence electrons. The maximum atomic E-state index is 11.9. The third-order valence-corrected chi connectivity index (χ3v) is 3.03. The summed E-state index contributed by atoms with van der Waals surface area (Å²) in [7, 11) is 0. The molecule has 5 heteroatoms. The second kappa shape index (κ2) is 3.69. The van der Waals surface area contributed by atoms with E-state index in [2.05, 4.69) is 21.9 Å². The Kier molecular flexibility index (Phi) is 2.18. The first kappa shape index (κ1) is 10.0. The van der Waals surface area contributed by atoms with E-state index < -0.39 is 0 Å². The summed E-state index contributed by atoms with van der Waals surface area (Å²) in [4.78, 5) is 20.3. The second-order valence-corrected chi connectivity index (χ2v) is 4.18. The molecule has 0 spiro atoms. The van der Waals surface area contributed by atoms with Gasteiger partial charge in [-0.05, 0) is 18.9 Å². The number of rotatable bonds is 1. The van der Waals surface area contributed by atoms with Crippen molar-refractivity contribution in [2.75, 3.05) is 0 Å². The van der Waals surface area contributed by atoms with E-state index >= 15 is 0 Å². The number of amides is 1. The van der Waals surface area contributed by atoms with Gasteiger partial charge in [0.25, 0.3) is 0 Å². The summed E-state index contributed by atoms with van der Waals surface area (Å²) in [5, 5.41) is 2.78. The maximum absolute atomic E-state index is 11.9. The number of nitrogens with zero attached hydrogens (tertiary/aromatic N) is 3. The Hall–Kier alpha value is -2.17. The third kappa shape index (κ3) is 1.60. The normalized spacial score (nSPS) is 20.6. The van der Waals surface area contributed by atoms with Crippen LogP contribution in [0.4, 0.5) is 0 Å². The minimum Gasteiger partial charge on any atom is -0.330 e. The molecule has 0 saturated carbocycles. The fraction of sp³-hybridized carbons (Fsp3) is 0.250. The number of carbonyl (C=O) groups is 1. The molecule has 0 aliphatic carbocycles. The summed E-state index contributed by atoms with van der Waals surface area (Å²) in [6, 6.07) is 1.87. The van der Waals surface area contributed by atoms with Crippen molar-refractivity contribution >= 4 is 11.4 Å². The molecule has 3 heterocycles. The van der Waals surface area contributed by atoms with E-state index in [4.69, 9.17) is 0 Å². The predicted octanol–water partition coefficient (Wildman–Crippen LogP) is 1.24. The van der Waals surface area contributed by atoms with Crippen LogP contribution in [0.1, 0.15) is 24.6 Å². The quantitative estimate of drug-likeness (QED) is 0.798. The highest BCUT2D eigenvalue weighted by molar-refractivity contribution is 5.85. The van der Waals surface area contributed by atoms with Crippen LogP contribution in [0, 0.1) is 0 Å². The van der Waals surface area contributed by atoms with Gasteiger partial charge in [0.05, 0.1) is 17.6 Å². The molecular weight excluding hydrogens is 216 g/mol. The van der Waals surface area contributed by atoms with Crippen molar-refractivity contribution in [3.05, 3.63) is 42.9 Å². The van der Waals surface area contributed by atoms with Gasteiger partial charge in [-0.25, -0.2) is 9.97 Å². The van der Waals surface area contributed by atoms with Crippen LogP contribution in [-0.2, 0) is 4.79 Å². The summed E-state index contributed by atoms with van der Waals surface area (Å²) >= 11 is 0. The molecular formula is C12H12N4O. The molecule has 1 aliphatic rings. The van der Waals surface area contributed by atoms with Gasteiger partial charge < -0.3 is 5.32 Å². The number of piperidine rings is 1. The Morgan fingerprint density at radius 2 is 2.41 bits per heavy atom. The van der Waals surface area contributed by atoms with Crippen LogP contribution < -0.4 is 5.32 Å². The molecule has 1 saturated heterocycles. The number of hydrogen-bond donors (Lipinski definition) is 1. The van der Waals surface area contributed by atoms with Gasteiger partial charge in [0.1, 0.15) is 12.2 Å². The average Bonchev–Trinajstić information content (AvgIpc) is 2.73. The largest absolute Gasteiger partial charge is 0.330 e. The number of imidazole rings is 1. The van der Waals surface area contributed by atoms with E-state index in [-0.39, 0.29) is 11.8 Å². The fourth-order valence-electron chi connectivity index (χ4n) is 2.14. The molecule has 1 atom stereocenters. The van der Waals surface area contributed by atoms with Gasteiger partial charge in [-0.15, -0.1) is 0 Å². The van der Waals surface area contributed by atoms with Gasteiger partial charge in [-0.3, -0.25) is 9.20 Å². The molecule has 1 unspecified atom stereocenters. The second-order valence-electron chi connectivity index (χ2n) is 4.18. The van der Waals surface area contributed by atoms with Crippen molar-refractivity contribution in [2.45, 2.75) is 18.8 Å². The summed E-state index contributed by atoms with van der Waals surface area (Å²) in [6.07, 6.45) is 6.70. The average molecular weight is 228 g/mol. The molecule has 1 N–H and O–H groups in total. The van der Waals surface area contributed by atoms with Crippen LogP contribution in [-0.4, -0.2) is 20.3 Å². The first-order valence-corrected chi connectivity index (χ1v) is 5.51. The summed E-state index contributed by atoms with van der Waals surface area (Å²) in [5.41, 5.74) is 1.73. The molecule has 3 rings (SSSR count). The van der Waals surface area contributed by atoms with Crippen molar-refractivity contribution in [3.8, 4) is 0 Å². The van der Waals surface area contributed by atoms with Gasteiger partial charge in [-0.1, -0.05) is 6.58 Å². The van der Waals surface area contributed by atoms with Crippen molar-refractivity contribution in [2.24, 2.45) is 0 Å². The van der Waals surface area contributed by atoms with E-state index in [1.807, 2.05) is 10.5 Å². The molecule has 0 bridgehead atoms. The highest BCUT2D eigenvalue weighted by Gasteiger charge is 2.28. The predicted molar refractivity (Wildman–Crippen MR) is 62.2 cm³/mol. The van der Waals surface area contributed by atoms with Gasteiger partial charge in [0, 0.05) is 11.9 Å². The van der Waals surface area contributed by atoms with Crippen LogP contribution in [0.25, 0.3) is 5.52 Å². The van der Waals surface area contributed by atoms with Crippen molar-refractivity contribution in [1.29, 1.82) is 0 Å². The summed E-state index contributed by atoms with van der Waals surface area (Å²) in [5.74, 6) is 0.503. The molecule has 0 aromatic carbocycles. The highest BCUT2D eigenvalue weighted by Crippen LogP contribution is 2.26. The van der Waals surface area contributed by atoms with Gasteiger partial charge >= 0.3 is 0 Å². The van der Waals surface area contributed by atoms with Gasteiger partial charge in [0.15, 0.2) is 0 Å². The first-order valence-electron chi connectivity index (χ1n) is 5.51. The van der Waals surface area contributed by atoms with E-state index in [1.165, 1.54) is 0 Å². The Labute approximate surface area is 98.2 Å². The number of fused-ring (bicyclic) bond motifs is 1. The van der Waals surface area contributed by atoms with Crippen molar-refractivity contribution in [1.82, 2.24) is 19.7 Å². The van der Waals surface area contributed by atoms with Crippen LogP contribution >= 0.6 is 0 Å². The number of carbonyl (C=O) groups excluding carboxylic acids is 1. The maximum Gasteiger partial charge on any atom is 0.234 e. The minimum absolute atomic E-state index is 0.0300. The molecule has 2 aromatic rings. The fourth-order valence-corrected chi connectivity index (χ4v) is 2.14. The molecule has 5 nitrogen and oxygen atoms in total. The number of allylic oxidation sites excluding steroid dienone is 1. The zero-order valence-electron chi connectivity index (χ0n) is 9.26. The van der Waals surface area contributed by atoms with Gasteiger partial charge in [-0.2, -0.15) is 0 Å². The van der Waals surface area contributed by atoms with Crippen molar-refractivity contribution < 1.29 is 4.79 Å². The van der Waals surface area contributed by atoms with E-state index in [0.717, 1.165) is 29.9 Å². The zero-order chi connectivity index (χ0) is 11.8. The zero-order valence-corrected chi connectivity index (χ0v) is 9.26. The summed E-state index contributed by atoms with van der Waals surface area (Å²) in [6.45, 7) is 3.77. The van der Waals surface area contributed by atoms with E-state index in [1.54, 1.807) is 18.7 Å². The lowest BCUT2D eigenvalue weighted by Crippen LogP contribution is -2.34. The molecule has 1 aliphatic heterocycles. The first-order chi connectivity index (χ1) is 8.25.